The summed E-state index contributed by atoms with van der Waals surface area (Å²) < 4.78 is 16.7. The molecule has 0 spiro atoms. The molecule has 0 amide bonds. The van der Waals surface area contributed by atoms with Crippen LogP contribution in [0, 0.1) is 0 Å². The Kier molecular flexibility index (Phi) is 48.8. The fraction of sp³-hybridized carbons (Fsp3) is 0.459. The molecule has 0 aliphatic carbocycles. The second-order valence-corrected chi connectivity index (χ2v) is 16.0. The number of hydrogen-bond acceptors (Lipinski definition) is 6. The van der Waals surface area contributed by atoms with Crippen molar-refractivity contribution in [3.63, 3.8) is 0 Å². The van der Waals surface area contributed by atoms with Crippen molar-refractivity contribution in [2.45, 2.75) is 168 Å². The molecule has 0 saturated carbocycles. The summed E-state index contributed by atoms with van der Waals surface area (Å²) in [6, 6.07) is 0. The fourth-order valence-electron chi connectivity index (χ4n) is 5.94. The average molecular weight is 917 g/mol. The first-order chi connectivity index (χ1) is 33.0. The van der Waals surface area contributed by atoms with E-state index in [1.165, 1.54) is 12.8 Å². The summed E-state index contributed by atoms with van der Waals surface area (Å²) in [7, 11) is 0. The number of rotatable bonds is 42. The highest BCUT2D eigenvalue weighted by Crippen LogP contribution is 2.12. The van der Waals surface area contributed by atoms with E-state index in [2.05, 4.69) is 75.5 Å². The molecule has 368 valence electrons. The normalized spacial score (nSPS) is 13.7. The lowest BCUT2D eigenvalue weighted by molar-refractivity contribution is -0.167. The van der Waals surface area contributed by atoms with Gasteiger partial charge in [0.2, 0.25) is 0 Å². The van der Waals surface area contributed by atoms with Gasteiger partial charge < -0.3 is 14.2 Å². The highest BCUT2D eigenvalue weighted by atomic mass is 16.6. The standard InChI is InChI=1S/C61H88O6/c1-4-7-10-13-16-19-22-25-27-29-31-33-36-39-42-45-48-51-54-60(63)66-57-58(56-65-59(62)53-50-47-44-41-38-35-24-21-18-15-12-9-6-3)67-61(64)55-52-49-46-43-40-37-34-32-30-28-26-23-20-17-14-11-8-5-2/h9-35,38,41,44,58H,4-8,36-37,39-40,42-43,45-57H2,1-3H3/b12-9-,13-10-,14-11-,18-15-,19-16-,20-17-,24-21-,25-22-,26-23-,29-27-,30-28-,33-31-,34-32-,38-35-,44-41-. The lowest BCUT2D eigenvalue weighted by atomic mass is 10.1. The van der Waals surface area contributed by atoms with Gasteiger partial charge in [0.1, 0.15) is 13.2 Å². The van der Waals surface area contributed by atoms with Crippen LogP contribution in [-0.2, 0) is 28.6 Å². The van der Waals surface area contributed by atoms with E-state index in [4.69, 9.17) is 14.2 Å². The van der Waals surface area contributed by atoms with Crippen molar-refractivity contribution >= 4 is 17.9 Å². The molecule has 0 N–H and O–H groups in total. The lowest BCUT2D eigenvalue weighted by Crippen LogP contribution is -2.30. The van der Waals surface area contributed by atoms with Crippen LogP contribution in [0.2, 0.25) is 0 Å². The third-order valence-electron chi connectivity index (χ3n) is 9.71. The zero-order valence-electron chi connectivity index (χ0n) is 41.8. The summed E-state index contributed by atoms with van der Waals surface area (Å²) in [5, 5.41) is 0. The Labute approximate surface area is 408 Å². The predicted octanol–water partition coefficient (Wildman–Crippen LogP) is 17.0. The second kappa shape index (κ2) is 53.1. The first-order valence-electron chi connectivity index (χ1n) is 25.5. The van der Waals surface area contributed by atoms with Crippen molar-refractivity contribution in [2.24, 2.45) is 0 Å². The van der Waals surface area contributed by atoms with Crippen LogP contribution in [0.25, 0.3) is 0 Å². The third-order valence-corrected chi connectivity index (χ3v) is 9.71. The van der Waals surface area contributed by atoms with Gasteiger partial charge in [0.05, 0.1) is 0 Å². The Balaban J connectivity index is 4.65. The van der Waals surface area contributed by atoms with Gasteiger partial charge in [0.25, 0.3) is 0 Å². The van der Waals surface area contributed by atoms with E-state index >= 15 is 0 Å². The first kappa shape index (κ1) is 61.5. The van der Waals surface area contributed by atoms with Crippen LogP contribution in [0.15, 0.2) is 182 Å². The number of esters is 3. The number of hydrogen-bond donors (Lipinski definition) is 0. The molecule has 6 heteroatoms. The molecule has 0 aromatic heterocycles. The quantitative estimate of drug-likeness (QED) is 0.0263. The number of allylic oxidation sites excluding steroid dienone is 30. The van der Waals surface area contributed by atoms with Crippen LogP contribution < -0.4 is 0 Å². The van der Waals surface area contributed by atoms with Crippen molar-refractivity contribution in [1.82, 2.24) is 0 Å². The van der Waals surface area contributed by atoms with E-state index in [0.717, 1.165) is 96.3 Å². The molecule has 0 fully saturated rings. The number of unbranched alkanes of at least 4 members (excludes halogenated alkanes) is 13. The molecule has 0 aliphatic rings. The number of carbonyl (C=O) groups excluding carboxylic acids is 3. The number of ether oxygens (including phenoxy) is 3. The van der Waals surface area contributed by atoms with Crippen molar-refractivity contribution in [3.8, 4) is 0 Å². The second-order valence-electron chi connectivity index (χ2n) is 16.0. The van der Waals surface area contributed by atoms with Crippen molar-refractivity contribution in [3.05, 3.63) is 182 Å². The Morgan fingerprint density at radius 3 is 0.970 bits per heavy atom. The van der Waals surface area contributed by atoms with Gasteiger partial charge in [-0.15, -0.1) is 0 Å². The van der Waals surface area contributed by atoms with Gasteiger partial charge in [0, 0.05) is 19.3 Å². The summed E-state index contributed by atoms with van der Waals surface area (Å²) >= 11 is 0. The average Bonchev–Trinajstić information content (AvgIpc) is 3.33. The summed E-state index contributed by atoms with van der Waals surface area (Å²) in [4.78, 5) is 38.0. The molecule has 0 aromatic carbocycles. The van der Waals surface area contributed by atoms with E-state index in [0.29, 0.717) is 19.3 Å². The third kappa shape index (κ3) is 51.4. The van der Waals surface area contributed by atoms with Gasteiger partial charge in [0.15, 0.2) is 6.10 Å². The molecule has 0 saturated heterocycles. The fourth-order valence-corrected chi connectivity index (χ4v) is 5.94. The SMILES string of the molecule is CC\C=C/C=C\C=C/C=C\C=C/CCCC(=O)OCC(COC(=O)CCCCCCC\C=C/C=C\C=C/C=C\C=C/CCC)OC(=O)CCCCCCC\C=C/C=C\C=C/C=C\C=C/CCC. The zero-order valence-corrected chi connectivity index (χ0v) is 41.8. The summed E-state index contributed by atoms with van der Waals surface area (Å²) in [5.41, 5.74) is 0. The zero-order chi connectivity index (χ0) is 48.6. The molecule has 0 aliphatic heterocycles. The van der Waals surface area contributed by atoms with Gasteiger partial charge in [-0.2, -0.15) is 0 Å². The predicted molar refractivity (Wildman–Crippen MR) is 287 cm³/mol. The maximum absolute atomic E-state index is 12.8. The van der Waals surface area contributed by atoms with E-state index in [-0.39, 0.29) is 44.0 Å². The minimum absolute atomic E-state index is 0.136. The number of carbonyl (C=O) groups is 3. The Morgan fingerprint density at radius 2 is 0.597 bits per heavy atom. The molecular weight excluding hydrogens is 829 g/mol. The molecule has 0 aromatic rings. The molecule has 6 nitrogen and oxygen atoms in total. The Bertz CT molecular complexity index is 1670. The minimum atomic E-state index is -0.843. The topological polar surface area (TPSA) is 78.9 Å². The van der Waals surface area contributed by atoms with Gasteiger partial charge in [-0.05, 0) is 70.6 Å². The van der Waals surface area contributed by atoms with Crippen molar-refractivity contribution < 1.29 is 28.6 Å². The van der Waals surface area contributed by atoms with E-state index in [1.54, 1.807) is 0 Å². The summed E-state index contributed by atoms with van der Waals surface area (Å²) in [6.45, 7) is 6.17. The highest BCUT2D eigenvalue weighted by Gasteiger charge is 2.19. The van der Waals surface area contributed by atoms with Crippen LogP contribution in [0.1, 0.15) is 162 Å². The molecule has 67 heavy (non-hydrogen) atoms. The summed E-state index contributed by atoms with van der Waals surface area (Å²) in [5.74, 6) is -1.08. The van der Waals surface area contributed by atoms with Crippen molar-refractivity contribution in [1.29, 1.82) is 0 Å². The Morgan fingerprint density at radius 1 is 0.313 bits per heavy atom. The van der Waals surface area contributed by atoms with Crippen LogP contribution >= 0.6 is 0 Å². The van der Waals surface area contributed by atoms with Crippen LogP contribution in [-0.4, -0.2) is 37.2 Å². The molecule has 1 unspecified atom stereocenters. The summed E-state index contributed by atoms with van der Waals surface area (Å²) in [6.07, 6.45) is 80.1. The van der Waals surface area contributed by atoms with Gasteiger partial charge in [-0.25, -0.2) is 0 Å². The maximum atomic E-state index is 12.8. The van der Waals surface area contributed by atoms with Crippen LogP contribution in [0.3, 0.4) is 0 Å². The van der Waals surface area contributed by atoms with Gasteiger partial charge >= 0.3 is 17.9 Å². The molecule has 0 bridgehead atoms. The Hall–Kier alpha value is -5.49. The molecule has 0 radical (unpaired) electrons. The maximum Gasteiger partial charge on any atom is 0.306 e. The van der Waals surface area contributed by atoms with Gasteiger partial charge in [-0.1, -0.05) is 254 Å². The molecule has 1 atom stereocenters. The largest absolute Gasteiger partial charge is 0.462 e. The monoisotopic (exact) mass is 917 g/mol. The molecular formula is C61H88O6. The minimum Gasteiger partial charge on any atom is -0.462 e. The first-order valence-corrected chi connectivity index (χ1v) is 25.5. The van der Waals surface area contributed by atoms with Crippen LogP contribution in [0.5, 0.6) is 0 Å². The molecule has 0 rings (SSSR count). The van der Waals surface area contributed by atoms with Crippen molar-refractivity contribution in [2.75, 3.05) is 13.2 Å². The van der Waals surface area contributed by atoms with E-state index in [1.807, 2.05) is 128 Å². The highest BCUT2D eigenvalue weighted by molar-refractivity contribution is 5.71. The molecule has 0 heterocycles. The lowest BCUT2D eigenvalue weighted by Gasteiger charge is -2.18. The van der Waals surface area contributed by atoms with Gasteiger partial charge in [-0.3, -0.25) is 14.4 Å². The van der Waals surface area contributed by atoms with E-state index in [9.17, 15) is 14.4 Å². The van der Waals surface area contributed by atoms with E-state index < -0.39 is 6.10 Å². The van der Waals surface area contributed by atoms with Crippen LogP contribution in [0.4, 0.5) is 0 Å². The smallest absolute Gasteiger partial charge is 0.306 e.